The van der Waals surface area contributed by atoms with Crippen LogP contribution in [0.15, 0.2) is 0 Å². The number of rotatable bonds is 3. The zero-order chi connectivity index (χ0) is 15.2. The van der Waals surface area contributed by atoms with Gasteiger partial charge in [-0.1, -0.05) is 6.92 Å². The molecule has 3 aliphatic rings. The molecule has 1 aromatic rings. The molecule has 0 bridgehead atoms. The first kappa shape index (κ1) is 14.2. The quantitative estimate of drug-likeness (QED) is 0.879. The van der Waals surface area contributed by atoms with Gasteiger partial charge in [0, 0.05) is 18.9 Å². The molecule has 2 unspecified atom stereocenters. The Morgan fingerprint density at radius 3 is 3.05 bits per heavy atom. The number of nitrogens with zero attached hydrogens (tertiary/aromatic N) is 3. The summed E-state index contributed by atoms with van der Waals surface area (Å²) in [5.41, 5.74) is 0.298. The van der Waals surface area contributed by atoms with Gasteiger partial charge >= 0.3 is 0 Å². The van der Waals surface area contributed by atoms with Crippen molar-refractivity contribution in [1.82, 2.24) is 25.4 Å². The Bertz CT molecular complexity index is 575. The number of fused-ring (bicyclic) bond motifs is 1. The summed E-state index contributed by atoms with van der Waals surface area (Å²) in [5, 5.41) is 11.2. The summed E-state index contributed by atoms with van der Waals surface area (Å²) >= 11 is 0. The Labute approximate surface area is 131 Å². The van der Waals surface area contributed by atoms with E-state index in [1.54, 1.807) is 0 Å². The zero-order valence-corrected chi connectivity index (χ0v) is 13.3. The number of carbonyl (C=O) groups is 1. The molecule has 3 heterocycles. The lowest BCUT2D eigenvalue weighted by atomic mass is 9.91. The number of hydrogen-bond acceptors (Lipinski definition) is 4. The fourth-order valence-electron chi connectivity index (χ4n) is 4.15. The molecule has 6 heteroatoms. The number of aryl methyl sites for hydroxylation is 2. The highest BCUT2D eigenvalue weighted by Crippen LogP contribution is 2.58. The van der Waals surface area contributed by atoms with Crippen LogP contribution in [0.3, 0.4) is 0 Å². The standard InChI is InChI=1S/C16H25N5O/c1-2-13-19-14-12(4-3-9-21(14)20-13)18-15(22)11-10-16(11)5-7-17-8-6-16/h11-12,17H,2-10H2,1H3,(H,18,22). The molecule has 1 spiro atoms. The van der Waals surface area contributed by atoms with Crippen molar-refractivity contribution >= 4 is 5.91 Å². The average Bonchev–Trinajstić information content (AvgIpc) is 3.05. The van der Waals surface area contributed by atoms with Crippen LogP contribution in [0.4, 0.5) is 0 Å². The molecule has 2 atom stereocenters. The minimum Gasteiger partial charge on any atom is -0.346 e. The molecule has 1 saturated heterocycles. The molecule has 4 rings (SSSR count). The van der Waals surface area contributed by atoms with E-state index in [1.807, 2.05) is 4.68 Å². The van der Waals surface area contributed by atoms with E-state index in [1.165, 1.54) is 0 Å². The third-order valence-corrected chi connectivity index (χ3v) is 5.66. The maximum atomic E-state index is 12.6. The van der Waals surface area contributed by atoms with Crippen LogP contribution >= 0.6 is 0 Å². The second-order valence-corrected chi connectivity index (χ2v) is 7.04. The largest absolute Gasteiger partial charge is 0.346 e. The molecule has 2 aliphatic heterocycles. The Morgan fingerprint density at radius 1 is 1.45 bits per heavy atom. The number of aromatic nitrogens is 3. The normalized spacial score (nSPS) is 29.1. The van der Waals surface area contributed by atoms with Crippen LogP contribution < -0.4 is 10.6 Å². The molecule has 1 aromatic heterocycles. The van der Waals surface area contributed by atoms with Crippen LogP contribution in [0.1, 0.15) is 56.7 Å². The van der Waals surface area contributed by atoms with Crippen LogP contribution in [0.5, 0.6) is 0 Å². The van der Waals surface area contributed by atoms with Gasteiger partial charge in [-0.05, 0) is 50.6 Å². The predicted molar refractivity (Wildman–Crippen MR) is 82.2 cm³/mol. The lowest BCUT2D eigenvalue weighted by Crippen LogP contribution is -2.37. The summed E-state index contributed by atoms with van der Waals surface area (Å²) in [6.07, 6.45) is 6.25. The summed E-state index contributed by atoms with van der Waals surface area (Å²) in [5.74, 6) is 2.30. The maximum Gasteiger partial charge on any atom is 0.224 e. The SMILES string of the molecule is CCc1nc2n(n1)CCCC2NC(=O)C1CC12CCNCC2. The highest BCUT2D eigenvalue weighted by molar-refractivity contribution is 5.83. The summed E-state index contributed by atoms with van der Waals surface area (Å²) in [4.78, 5) is 17.3. The van der Waals surface area contributed by atoms with Crippen molar-refractivity contribution in [2.75, 3.05) is 13.1 Å². The van der Waals surface area contributed by atoms with Crippen LogP contribution in [-0.2, 0) is 17.8 Å². The second-order valence-electron chi connectivity index (χ2n) is 7.04. The fraction of sp³-hybridized carbons (Fsp3) is 0.812. The van der Waals surface area contributed by atoms with Gasteiger partial charge in [0.1, 0.15) is 5.82 Å². The van der Waals surface area contributed by atoms with Crippen LogP contribution in [0.2, 0.25) is 0 Å². The molecule has 1 aliphatic carbocycles. The van der Waals surface area contributed by atoms with E-state index >= 15 is 0 Å². The molecule has 6 nitrogen and oxygen atoms in total. The summed E-state index contributed by atoms with van der Waals surface area (Å²) in [6.45, 7) is 5.11. The summed E-state index contributed by atoms with van der Waals surface area (Å²) < 4.78 is 1.99. The van der Waals surface area contributed by atoms with Gasteiger partial charge in [0.2, 0.25) is 5.91 Å². The Morgan fingerprint density at radius 2 is 2.27 bits per heavy atom. The molecule has 0 radical (unpaired) electrons. The van der Waals surface area contributed by atoms with Gasteiger partial charge in [0.15, 0.2) is 5.82 Å². The number of hydrogen-bond donors (Lipinski definition) is 2. The molecule has 2 N–H and O–H groups in total. The number of carbonyl (C=O) groups excluding carboxylic acids is 1. The van der Waals surface area contributed by atoms with Crippen molar-refractivity contribution in [1.29, 1.82) is 0 Å². The maximum absolute atomic E-state index is 12.6. The first-order valence-corrected chi connectivity index (χ1v) is 8.66. The van der Waals surface area contributed by atoms with Gasteiger partial charge in [0.25, 0.3) is 0 Å². The number of piperidine rings is 1. The number of amides is 1. The fourth-order valence-corrected chi connectivity index (χ4v) is 4.15. The lowest BCUT2D eigenvalue weighted by molar-refractivity contribution is -0.124. The molecule has 22 heavy (non-hydrogen) atoms. The molecular formula is C16H25N5O. The van der Waals surface area contributed by atoms with Crippen molar-refractivity contribution in [2.24, 2.45) is 11.3 Å². The third-order valence-electron chi connectivity index (χ3n) is 5.66. The first-order valence-electron chi connectivity index (χ1n) is 8.66. The third kappa shape index (κ3) is 2.33. The minimum absolute atomic E-state index is 0.0495. The van der Waals surface area contributed by atoms with Crippen LogP contribution in [-0.4, -0.2) is 33.8 Å². The Hall–Kier alpha value is -1.43. The highest BCUT2D eigenvalue weighted by Gasteiger charge is 2.57. The van der Waals surface area contributed by atoms with Crippen LogP contribution in [0, 0.1) is 11.3 Å². The van der Waals surface area contributed by atoms with Crippen molar-refractivity contribution in [2.45, 2.75) is 58.0 Å². The van der Waals surface area contributed by atoms with Crippen molar-refractivity contribution < 1.29 is 4.79 Å². The van der Waals surface area contributed by atoms with E-state index in [0.29, 0.717) is 5.41 Å². The summed E-state index contributed by atoms with van der Waals surface area (Å²) in [7, 11) is 0. The van der Waals surface area contributed by atoms with E-state index in [-0.39, 0.29) is 17.9 Å². The van der Waals surface area contributed by atoms with E-state index in [0.717, 1.165) is 69.8 Å². The van der Waals surface area contributed by atoms with Gasteiger partial charge < -0.3 is 10.6 Å². The number of nitrogens with one attached hydrogen (secondary N) is 2. The second kappa shape index (κ2) is 5.33. The Balaban J connectivity index is 1.44. The topological polar surface area (TPSA) is 71.8 Å². The monoisotopic (exact) mass is 303 g/mol. The van der Waals surface area contributed by atoms with Crippen molar-refractivity contribution in [3.63, 3.8) is 0 Å². The van der Waals surface area contributed by atoms with E-state index in [4.69, 9.17) is 0 Å². The highest BCUT2D eigenvalue weighted by atomic mass is 16.2. The molecule has 1 saturated carbocycles. The molecule has 1 amide bonds. The average molecular weight is 303 g/mol. The lowest BCUT2D eigenvalue weighted by Gasteiger charge is -2.25. The molecular weight excluding hydrogens is 278 g/mol. The van der Waals surface area contributed by atoms with Crippen molar-refractivity contribution in [3.8, 4) is 0 Å². The smallest absolute Gasteiger partial charge is 0.224 e. The Kier molecular flexibility index (Phi) is 3.44. The summed E-state index contributed by atoms with van der Waals surface area (Å²) in [6, 6.07) is 0.0495. The van der Waals surface area contributed by atoms with E-state index in [2.05, 4.69) is 27.6 Å². The van der Waals surface area contributed by atoms with E-state index in [9.17, 15) is 4.79 Å². The van der Waals surface area contributed by atoms with Gasteiger partial charge in [-0.3, -0.25) is 4.79 Å². The van der Waals surface area contributed by atoms with Gasteiger partial charge in [0.05, 0.1) is 6.04 Å². The predicted octanol–water partition coefficient (Wildman–Crippen LogP) is 1.18. The van der Waals surface area contributed by atoms with Crippen molar-refractivity contribution in [3.05, 3.63) is 11.6 Å². The van der Waals surface area contributed by atoms with Gasteiger partial charge in [-0.25, -0.2) is 9.67 Å². The first-order chi connectivity index (χ1) is 10.7. The molecule has 120 valence electrons. The molecule has 0 aromatic carbocycles. The zero-order valence-electron chi connectivity index (χ0n) is 13.3. The minimum atomic E-state index is 0.0495. The molecule has 2 fully saturated rings. The van der Waals surface area contributed by atoms with Crippen LogP contribution in [0.25, 0.3) is 0 Å². The van der Waals surface area contributed by atoms with Gasteiger partial charge in [-0.2, -0.15) is 5.10 Å². The van der Waals surface area contributed by atoms with E-state index < -0.39 is 0 Å². The van der Waals surface area contributed by atoms with Gasteiger partial charge in [-0.15, -0.1) is 0 Å².